The summed E-state index contributed by atoms with van der Waals surface area (Å²) in [5, 5.41) is 9.54. The maximum absolute atomic E-state index is 12.2. The van der Waals surface area contributed by atoms with Crippen LogP contribution >= 0.6 is 0 Å². The zero-order valence-corrected chi connectivity index (χ0v) is 13.2. The van der Waals surface area contributed by atoms with Gasteiger partial charge in [-0.05, 0) is 43.8 Å². The molecule has 0 aromatic heterocycles. The minimum absolute atomic E-state index is 0.171. The summed E-state index contributed by atoms with van der Waals surface area (Å²) < 4.78 is 12.2. The summed E-state index contributed by atoms with van der Waals surface area (Å²) in [6.07, 6.45) is 0. The van der Waals surface area contributed by atoms with Crippen LogP contribution in [0.4, 0.5) is 0 Å². The fourth-order valence-electron chi connectivity index (χ4n) is 2.15. The van der Waals surface area contributed by atoms with Crippen LogP contribution in [0.3, 0.4) is 0 Å². The summed E-state index contributed by atoms with van der Waals surface area (Å²) in [4.78, 5) is 3.02. The van der Waals surface area contributed by atoms with Crippen LogP contribution in [-0.2, 0) is 10.8 Å². The summed E-state index contributed by atoms with van der Waals surface area (Å²) in [6.45, 7) is 2.82. The first-order chi connectivity index (χ1) is 10.1. The van der Waals surface area contributed by atoms with Crippen molar-refractivity contribution in [3.8, 4) is 5.75 Å². The van der Waals surface area contributed by atoms with Gasteiger partial charge in [-0.25, -0.2) is 0 Å². The molecule has 0 heterocycles. The zero-order chi connectivity index (χ0) is 15.2. The summed E-state index contributed by atoms with van der Waals surface area (Å²) in [6, 6.07) is 17.0. The highest BCUT2D eigenvalue weighted by Gasteiger charge is 2.13. The Balaban J connectivity index is 1.92. The Morgan fingerprint density at radius 2 is 1.86 bits per heavy atom. The van der Waals surface area contributed by atoms with Crippen molar-refractivity contribution in [2.45, 2.75) is 17.9 Å². The first kappa shape index (κ1) is 15.7. The monoisotopic (exact) mass is 303 g/mol. The lowest BCUT2D eigenvalue weighted by atomic mass is 10.1. The van der Waals surface area contributed by atoms with Crippen molar-refractivity contribution >= 4 is 10.8 Å². The van der Waals surface area contributed by atoms with E-state index in [2.05, 4.69) is 11.8 Å². The van der Waals surface area contributed by atoms with Gasteiger partial charge in [0.05, 0.1) is 10.8 Å². The van der Waals surface area contributed by atoms with E-state index < -0.39 is 10.8 Å². The van der Waals surface area contributed by atoms with Crippen molar-refractivity contribution in [3.05, 3.63) is 60.2 Å². The smallest absolute Gasteiger partial charge is 0.115 e. The second-order valence-electron chi connectivity index (χ2n) is 5.11. The van der Waals surface area contributed by atoms with Crippen LogP contribution < -0.4 is 0 Å². The molecule has 0 bridgehead atoms. The molecular formula is C17H21NO2S. The van der Waals surface area contributed by atoms with E-state index in [1.54, 1.807) is 12.1 Å². The SMILES string of the molecule is C[C@H](c1cccc(O)c1)N(C)CC[S@@](=O)c1ccccc1. The highest BCUT2D eigenvalue weighted by Crippen LogP contribution is 2.22. The molecule has 0 spiro atoms. The van der Waals surface area contributed by atoms with E-state index in [-0.39, 0.29) is 11.8 Å². The highest BCUT2D eigenvalue weighted by atomic mass is 32.2. The van der Waals surface area contributed by atoms with E-state index in [9.17, 15) is 9.32 Å². The zero-order valence-electron chi connectivity index (χ0n) is 12.4. The molecule has 0 saturated carbocycles. The van der Waals surface area contributed by atoms with Gasteiger partial charge in [-0.1, -0.05) is 30.3 Å². The molecule has 1 N–H and O–H groups in total. The highest BCUT2D eigenvalue weighted by molar-refractivity contribution is 7.85. The average Bonchev–Trinajstić information content (AvgIpc) is 2.52. The number of rotatable bonds is 6. The van der Waals surface area contributed by atoms with Gasteiger partial charge in [-0.15, -0.1) is 0 Å². The van der Waals surface area contributed by atoms with Gasteiger partial charge in [0.2, 0.25) is 0 Å². The van der Waals surface area contributed by atoms with Gasteiger partial charge in [0.15, 0.2) is 0 Å². The van der Waals surface area contributed by atoms with Gasteiger partial charge < -0.3 is 5.11 Å². The number of benzene rings is 2. The van der Waals surface area contributed by atoms with Crippen LogP contribution in [-0.4, -0.2) is 33.6 Å². The van der Waals surface area contributed by atoms with Crippen LogP contribution in [0, 0.1) is 0 Å². The number of nitrogens with zero attached hydrogens (tertiary/aromatic N) is 1. The summed E-state index contributed by atoms with van der Waals surface area (Å²) >= 11 is 0. The minimum Gasteiger partial charge on any atom is -0.508 e. The van der Waals surface area contributed by atoms with Gasteiger partial charge in [0.1, 0.15) is 5.75 Å². The topological polar surface area (TPSA) is 40.5 Å². The van der Waals surface area contributed by atoms with Gasteiger partial charge in [0, 0.05) is 23.2 Å². The predicted octanol–water partition coefficient (Wildman–Crippen LogP) is 3.19. The average molecular weight is 303 g/mol. The molecule has 2 aromatic rings. The first-order valence-corrected chi connectivity index (χ1v) is 8.32. The van der Waals surface area contributed by atoms with Crippen LogP contribution in [0.5, 0.6) is 5.75 Å². The molecular weight excluding hydrogens is 282 g/mol. The largest absolute Gasteiger partial charge is 0.508 e. The van der Waals surface area contributed by atoms with Gasteiger partial charge in [0.25, 0.3) is 0 Å². The molecule has 0 aliphatic rings. The van der Waals surface area contributed by atoms with Crippen LogP contribution in [0.15, 0.2) is 59.5 Å². The minimum atomic E-state index is -0.972. The lowest BCUT2D eigenvalue weighted by Gasteiger charge is -2.25. The number of hydrogen-bond donors (Lipinski definition) is 1. The predicted molar refractivity (Wildman–Crippen MR) is 86.9 cm³/mol. The number of aromatic hydroxyl groups is 1. The van der Waals surface area contributed by atoms with Crippen molar-refractivity contribution in [2.75, 3.05) is 19.3 Å². The quantitative estimate of drug-likeness (QED) is 0.891. The molecule has 0 unspecified atom stereocenters. The molecule has 21 heavy (non-hydrogen) atoms. The Bertz CT molecular complexity index is 601. The lowest BCUT2D eigenvalue weighted by Crippen LogP contribution is -2.27. The second kappa shape index (κ2) is 7.38. The van der Waals surface area contributed by atoms with E-state index >= 15 is 0 Å². The molecule has 0 fully saturated rings. The fourth-order valence-corrected chi connectivity index (χ4v) is 3.30. The number of hydrogen-bond acceptors (Lipinski definition) is 3. The van der Waals surface area contributed by atoms with E-state index in [4.69, 9.17) is 0 Å². The number of phenols is 1. The molecule has 3 nitrogen and oxygen atoms in total. The summed E-state index contributed by atoms with van der Waals surface area (Å²) in [5.41, 5.74) is 1.06. The molecule has 112 valence electrons. The Morgan fingerprint density at radius 3 is 2.52 bits per heavy atom. The molecule has 0 aliphatic heterocycles. The van der Waals surface area contributed by atoms with Gasteiger partial charge in [-0.3, -0.25) is 9.11 Å². The fraction of sp³-hybridized carbons (Fsp3) is 0.294. The number of phenolic OH excluding ortho intramolecular Hbond substituents is 1. The van der Waals surface area contributed by atoms with Crippen molar-refractivity contribution in [1.29, 1.82) is 0 Å². The van der Waals surface area contributed by atoms with Gasteiger partial charge >= 0.3 is 0 Å². The molecule has 4 heteroatoms. The normalized spacial score (nSPS) is 14.0. The van der Waals surface area contributed by atoms with Crippen LogP contribution in [0.1, 0.15) is 18.5 Å². The standard InChI is InChI=1S/C17H21NO2S/c1-14(15-7-6-8-16(19)13-15)18(2)11-12-21(20)17-9-4-3-5-10-17/h3-10,13-14,19H,11-12H2,1-2H3/t14-,21-/m1/s1. The van der Waals surface area contributed by atoms with Crippen molar-refractivity contribution in [1.82, 2.24) is 4.90 Å². The van der Waals surface area contributed by atoms with E-state index in [1.165, 1.54) is 0 Å². The molecule has 2 rings (SSSR count). The van der Waals surface area contributed by atoms with E-state index in [0.29, 0.717) is 5.75 Å². The van der Waals surface area contributed by atoms with Gasteiger partial charge in [-0.2, -0.15) is 0 Å². The molecule has 2 aromatic carbocycles. The Morgan fingerprint density at radius 1 is 1.14 bits per heavy atom. The lowest BCUT2D eigenvalue weighted by molar-refractivity contribution is 0.277. The van der Waals surface area contributed by atoms with Crippen LogP contribution in [0.25, 0.3) is 0 Å². The second-order valence-corrected chi connectivity index (χ2v) is 6.68. The van der Waals surface area contributed by atoms with E-state index in [1.807, 2.05) is 49.5 Å². The summed E-state index contributed by atoms with van der Waals surface area (Å²) in [5.74, 6) is 0.879. The molecule has 0 saturated heterocycles. The van der Waals surface area contributed by atoms with Crippen LogP contribution in [0.2, 0.25) is 0 Å². The summed E-state index contributed by atoms with van der Waals surface area (Å²) in [7, 11) is 1.04. The Kier molecular flexibility index (Phi) is 5.53. The molecule has 2 atom stereocenters. The van der Waals surface area contributed by atoms with Crippen molar-refractivity contribution in [2.24, 2.45) is 0 Å². The third-order valence-electron chi connectivity index (χ3n) is 3.65. The third-order valence-corrected chi connectivity index (χ3v) is 5.00. The van der Waals surface area contributed by atoms with E-state index in [0.717, 1.165) is 17.0 Å². The maximum atomic E-state index is 12.2. The molecule has 0 radical (unpaired) electrons. The molecule has 0 amide bonds. The first-order valence-electron chi connectivity index (χ1n) is 7.00. The Hall–Kier alpha value is -1.65. The molecule has 0 aliphatic carbocycles. The third kappa shape index (κ3) is 4.41. The van der Waals surface area contributed by atoms with Crippen molar-refractivity contribution < 1.29 is 9.32 Å². The maximum Gasteiger partial charge on any atom is 0.115 e. The Labute approximate surface area is 128 Å². The van der Waals surface area contributed by atoms with Crippen molar-refractivity contribution in [3.63, 3.8) is 0 Å².